The van der Waals surface area contributed by atoms with Crippen LogP contribution in [-0.2, 0) is 0 Å². The first-order chi connectivity index (χ1) is 36.0. The van der Waals surface area contributed by atoms with Gasteiger partial charge in [0.2, 0.25) is 0 Å². The Labute approximate surface area is 420 Å². The molecule has 0 fully saturated rings. The number of fused-ring (bicyclic) bond motifs is 16. The van der Waals surface area contributed by atoms with Gasteiger partial charge in [0.1, 0.15) is 0 Å². The van der Waals surface area contributed by atoms with E-state index in [9.17, 15) is 0 Å². The molecule has 16 bridgehead atoms. The van der Waals surface area contributed by atoms with E-state index in [4.69, 9.17) is 15.7 Å². The van der Waals surface area contributed by atoms with Crippen LogP contribution >= 0.6 is 0 Å². The molecule has 4 aromatic carbocycles. The third kappa shape index (κ3) is 8.68. The summed E-state index contributed by atoms with van der Waals surface area (Å²) in [6.45, 7) is 0. The highest BCUT2D eigenvalue weighted by atomic mass is 14.8. The Morgan fingerprint density at radius 1 is 0.260 bits per heavy atom. The Balaban J connectivity index is 0.000000179. The molecule has 10 aromatic rings. The van der Waals surface area contributed by atoms with E-state index in [1.807, 2.05) is 78.9 Å². The average molecular weight is 940 g/mol. The van der Waals surface area contributed by atoms with Crippen molar-refractivity contribution in [2.24, 2.45) is 0 Å². The van der Waals surface area contributed by atoms with Gasteiger partial charge in [0, 0.05) is 72.1 Å². The maximum Gasteiger partial charge on any atom is 0.0737 e. The van der Waals surface area contributed by atoms with E-state index >= 15 is 0 Å². The fourth-order valence-corrected chi connectivity index (χ4v) is 9.87. The van der Waals surface area contributed by atoms with Crippen molar-refractivity contribution < 1.29 is 0 Å². The summed E-state index contributed by atoms with van der Waals surface area (Å²) in [4.78, 5) is 34.3. The quantitative estimate of drug-likeness (QED) is 0.112. The summed E-state index contributed by atoms with van der Waals surface area (Å²) in [5.74, 6) is 0. The van der Waals surface area contributed by atoms with Gasteiger partial charge >= 0.3 is 0 Å². The molecule has 4 aliphatic heterocycles. The van der Waals surface area contributed by atoms with Gasteiger partial charge in [-0.05, 0) is 156 Å². The lowest BCUT2D eigenvalue weighted by atomic mass is 10.0. The first-order valence-corrected chi connectivity index (χ1v) is 24.2. The Hall–Kier alpha value is -10.1. The molecular formula is C64H45N9. The maximum atomic E-state index is 6.35. The van der Waals surface area contributed by atoms with Gasteiger partial charge in [0.05, 0.1) is 45.6 Å². The molecule has 0 amide bonds. The molecule has 0 unspecified atom stereocenters. The molecule has 346 valence electrons. The van der Waals surface area contributed by atoms with Crippen molar-refractivity contribution in [3.05, 3.63) is 234 Å². The molecule has 0 spiro atoms. The number of nitrogens with zero attached hydrogens (tertiary/aromatic N) is 4. The van der Waals surface area contributed by atoms with Crippen LogP contribution in [0.5, 0.6) is 0 Å². The molecule has 10 heterocycles. The topological polar surface area (TPSA) is 141 Å². The molecule has 9 heteroatoms. The summed E-state index contributed by atoms with van der Waals surface area (Å²) in [5.41, 5.74) is 30.5. The van der Waals surface area contributed by atoms with Crippen LogP contribution in [0.2, 0.25) is 0 Å². The van der Waals surface area contributed by atoms with Gasteiger partial charge in [0.15, 0.2) is 0 Å². The number of nitrogens with one attached hydrogen (secondary N) is 4. The highest BCUT2D eigenvalue weighted by molar-refractivity contribution is 6.00. The lowest BCUT2D eigenvalue weighted by Gasteiger charge is -2.07. The second-order valence-corrected chi connectivity index (χ2v) is 18.1. The third-order valence-corrected chi connectivity index (χ3v) is 13.2. The Kier molecular flexibility index (Phi) is 10.8. The van der Waals surface area contributed by atoms with Gasteiger partial charge in [-0.1, -0.05) is 103 Å². The lowest BCUT2D eigenvalue weighted by Crippen LogP contribution is -1.90. The zero-order chi connectivity index (χ0) is 48.7. The Morgan fingerprint density at radius 2 is 0.603 bits per heavy atom. The Bertz CT molecular complexity index is 4140. The number of benzene rings is 4. The van der Waals surface area contributed by atoms with Crippen LogP contribution in [0.15, 0.2) is 188 Å². The summed E-state index contributed by atoms with van der Waals surface area (Å²) in [5, 5.41) is 0. The zero-order valence-electron chi connectivity index (χ0n) is 39.4. The van der Waals surface area contributed by atoms with Gasteiger partial charge in [0.25, 0.3) is 0 Å². The van der Waals surface area contributed by atoms with E-state index in [0.29, 0.717) is 5.69 Å². The van der Waals surface area contributed by atoms with E-state index in [-0.39, 0.29) is 0 Å². The van der Waals surface area contributed by atoms with Crippen LogP contribution in [0, 0.1) is 0 Å². The summed E-state index contributed by atoms with van der Waals surface area (Å²) in [6, 6.07) is 64.3. The third-order valence-electron chi connectivity index (χ3n) is 13.2. The number of anilines is 1. The highest BCUT2D eigenvalue weighted by Gasteiger charge is 2.19. The number of aromatic amines is 4. The van der Waals surface area contributed by atoms with Crippen LogP contribution in [-0.4, -0.2) is 39.9 Å². The van der Waals surface area contributed by atoms with Crippen molar-refractivity contribution in [1.29, 1.82) is 0 Å². The molecule has 0 atom stereocenters. The van der Waals surface area contributed by atoms with Crippen molar-refractivity contribution in [3.8, 4) is 44.5 Å². The Morgan fingerprint density at radius 3 is 0.986 bits per heavy atom. The number of nitrogens with two attached hydrogens (primary N) is 1. The summed E-state index contributed by atoms with van der Waals surface area (Å²) < 4.78 is 0. The number of nitrogen functional groups attached to an aromatic ring is 1. The lowest BCUT2D eigenvalue weighted by molar-refractivity contribution is 1.28. The molecule has 0 saturated heterocycles. The van der Waals surface area contributed by atoms with Crippen molar-refractivity contribution in [1.82, 2.24) is 39.9 Å². The first-order valence-electron chi connectivity index (χ1n) is 24.2. The minimum Gasteiger partial charge on any atom is -0.399 e. The van der Waals surface area contributed by atoms with Crippen molar-refractivity contribution >= 4 is 98.4 Å². The number of rotatable bonds is 4. The summed E-state index contributed by atoms with van der Waals surface area (Å²) >= 11 is 0. The zero-order valence-corrected chi connectivity index (χ0v) is 39.4. The molecule has 6 N–H and O–H groups in total. The maximum absolute atomic E-state index is 6.35. The number of H-pyrrole nitrogens is 4. The minimum absolute atomic E-state index is 0.696. The molecule has 6 aromatic heterocycles. The SMILES string of the molecule is C1=Cc2cc3ccc(cc4ccc(cc5nc(cc1n2)C=C5)[nH]4)[nH]3.Nc1cccc(-c2c3nc(c(-c4ccccc4)c4ccc([nH]4)c(-c4ccccc4)c4nc(c(-c5ccccc5)c5ccc2[nH]5)C=C4)C=C3)c1. The van der Waals surface area contributed by atoms with Gasteiger partial charge in [-0.2, -0.15) is 0 Å². The molecule has 14 rings (SSSR count). The fraction of sp³-hybridized carbons (Fsp3) is 0. The normalized spacial score (nSPS) is 12.2. The number of hydrogen-bond donors (Lipinski definition) is 5. The van der Waals surface area contributed by atoms with Crippen molar-refractivity contribution in [2.45, 2.75) is 0 Å². The largest absolute Gasteiger partial charge is 0.399 e. The van der Waals surface area contributed by atoms with Crippen LogP contribution in [0.3, 0.4) is 0 Å². The summed E-state index contributed by atoms with van der Waals surface area (Å²) in [6.07, 6.45) is 16.5. The second-order valence-electron chi connectivity index (χ2n) is 18.1. The predicted octanol–water partition coefficient (Wildman–Crippen LogP) is 15.6. The summed E-state index contributed by atoms with van der Waals surface area (Å²) in [7, 11) is 0. The first kappa shape index (κ1) is 42.9. The minimum atomic E-state index is 0.696. The molecular weight excluding hydrogens is 895 g/mol. The van der Waals surface area contributed by atoms with Crippen LogP contribution < -0.4 is 5.73 Å². The molecule has 0 aliphatic carbocycles. The molecule has 0 radical (unpaired) electrons. The van der Waals surface area contributed by atoms with E-state index in [1.165, 1.54) is 0 Å². The van der Waals surface area contributed by atoms with Gasteiger partial charge in [-0.25, -0.2) is 19.9 Å². The van der Waals surface area contributed by atoms with E-state index in [1.54, 1.807) is 0 Å². The molecule has 73 heavy (non-hydrogen) atoms. The predicted molar refractivity (Wildman–Crippen MR) is 304 cm³/mol. The second kappa shape index (κ2) is 18.3. The smallest absolute Gasteiger partial charge is 0.0737 e. The van der Waals surface area contributed by atoms with Crippen LogP contribution in [0.25, 0.3) is 137 Å². The van der Waals surface area contributed by atoms with Gasteiger partial charge in [-0.15, -0.1) is 0 Å². The number of aromatic nitrogens is 8. The fourth-order valence-electron chi connectivity index (χ4n) is 9.87. The number of hydrogen-bond acceptors (Lipinski definition) is 5. The van der Waals surface area contributed by atoms with E-state index < -0.39 is 0 Å². The molecule has 9 nitrogen and oxygen atoms in total. The highest BCUT2D eigenvalue weighted by Crippen LogP contribution is 2.38. The van der Waals surface area contributed by atoms with Crippen molar-refractivity contribution in [3.63, 3.8) is 0 Å². The molecule has 4 aliphatic rings. The van der Waals surface area contributed by atoms with Gasteiger partial charge in [-0.3, -0.25) is 0 Å². The monoisotopic (exact) mass is 939 g/mol. The standard InChI is InChI=1S/C44H31N5.C20H14N4/c45-32-18-10-17-31(27-32)44-39-25-23-37(48-39)42(29-13-6-2-7-14-29)35-21-19-33(46-35)41(28-11-4-1-5-12-28)34-20-22-36(47-34)43(30-15-8-3-9-16-30)38-24-26-40(44)49-38;1-2-14-10-16-5-6-18(23-16)12-20-8-7-19(24-20)11-17-4-3-15(22-17)9-13(1)21-14/h1-27,46,49H,45H2;1-12,21-22H. The van der Waals surface area contributed by atoms with Crippen LogP contribution in [0.1, 0.15) is 45.6 Å². The van der Waals surface area contributed by atoms with Gasteiger partial charge < -0.3 is 25.7 Å². The van der Waals surface area contributed by atoms with E-state index in [2.05, 4.69) is 188 Å². The van der Waals surface area contributed by atoms with Crippen LogP contribution in [0.4, 0.5) is 5.69 Å². The van der Waals surface area contributed by atoms with Crippen molar-refractivity contribution in [2.75, 3.05) is 5.73 Å². The molecule has 0 saturated carbocycles. The van der Waals surface area contributed by atoms with E-state index in [0.717, 1.165) is 134 Å². The average Bonchev–Trinajstić information content (AvgIpc) is 4.27.